The van der Waals surface area contributed by atoms with Crippen molar-refractivity contribution in [1.82, 2.24) is 20.2 Å². The third-order valence-electron chi connectivity index (χ3n) is 8.30. The summed E-state index contributed by atoms with van der Waals surface area (Å²) in [6.45, 7) is 0. The van der Waals surface area contributed by atoms with E-state index >= 15 is 0 Å². The first-order valence-corrected chi connectivity index (χ1v) is 20.6. The minimum Gasteiger partial charge on any atom is -0.448 e. The fourth-order valence-corrected chi connectivity index (χ4v) is 9.06. The number of amides is 3. The Labute approximate surface area is 321 Å². The van der Waals surface area contributed by atoms with Crippen LogP contribution < -0.4 is 10.6 Å². The number of hydrogen-bond donors (Lipinski definition) is 2. The number of nitrogens with one attached hydrogen (secondary N) is 2. The van der Waals surface area contributed by atoms with Gasteiger partial charge in [0.15, 0.2) is 16.9 Å². The summed E-state index contributed by atoms with van der Waals surface area (Å²) in [6.07, 6.45) is 5.02. The number of anilines is 1. The first-order valence-electron chi connectivity index (χ1n) is 16.4. The number of thioether (sulfide) groups is 3. The minimum atomic E-state index is -0.954. The number of esters is 1. The molecule has 3 amide bonds. The van der Waals surface area contributed by atoms with Crippen molar-refractivity contribution in [2.24, 2.45) is 5.16 Å². The summed E-state index contributed by atoms with van der Waals surface area (Å²) in [5, 5.41) is 12.6. The zero-order valence-electron chi connectivity index (χ0n) is 27.9. The highest BCUT2D eigenvalue weighted by molar-refractivity contribution is 8.02. The van der Waals surface area contributed by atoms with Gasteiger partial charge in [-0.15, -0.1) is 34.9 Å². The van der Waals surface area contributed by atoms with Crippen molar-refractivity contribution in [3.63, 3.8) is 0 Å². The van der Waals surface area contributed by atoms with E-state index in [9.17, 15) is 19.2 Å². The molecule has 3 aliphatic rings. The van der Waals surface area contributed by atoms with Crippen LogP contribution in [0.5, 0.6) is 0 Å². The lowest BCUT2D eigenvalue weighted by molar-refractivity contribution is -0.154. The topological polar surface area (TPSA) is 152 Å². The number of thiazole rings is 1. The molecule has 0 bridgehead atoms. The molecule has 4 aromatic rings. The monoisotopic (exact) mass is 784 g/mol. The van der Waals surface area contributed by atoms with Crippen LogP contribution in [0, 0.1) is 0 Å². The van der Waals surface area contributed by atoms with Crippen LogP contribution in [0.15, 0.2) is 112 Å². The fraction of sp³-hybridized carbons (Fsp3) is 0.216. The second-order valence-corrected chi connectivity index (χ2v) is 15.8. The molecule has 16 heteroatoms. The maximum Gasteiger partial charge on any atom is 0.356 e. The van der Waals surface area contributed by atoms with Crippen molar-refractivity contribution in [2.75, 3.05) is 28.3 Å². The zero-order valence-corrected chi connectivity index (χ0v) is 31.2. The van der Waals surface area contributed by atoms with Crippen LogP contribution in [-0.4, -0.2) is 85.3 Å². The maximum absolute atomic E-state index is 14.3. The predicted octanol–water partition coefficient (Wildman–Crippen LogP) is 5.33. The molecular weight excluding hydrogens is 753 g/mol. The SMILES string of the molecule is O=CNc1nc(C(=NOC2CSC2)C(=O)NC2C(=O)N3C(C(=O)OC(c4ccccc4)c4ccccc4)=C(CS/C=C\c4cccnc4)CS[C@H]23)cs1. The molecule has 2 fully saturated rings. The van der Waals surface area contributed by atoms with Crippen LogP contribution in [0.1, 0.15) is 28.5 Å². The molecule has 2 N–H and O–H groups in total. The van der Waals surface area contributed by atoms with Crippen molar-refractivity contribution in [3.8, 4) is 0 Å². The van der Waals surface area contributed by atoms with Gasteiger partial charge in [0.25, 0.3) is 11.8 Å². The Kier molecular flexibility index (Phi) is 11.9. The predicted molar refractivity (Wildman–Crippen MR) is 209 cm³/mol. The van der Waals surface area contributed by atoms with Crippen molar-refractivity contribution in [3.05, 3.63) is 130 Å². The van der Waals surface area contributed by atoms with Gasteiger partial charge in [0.05, 0.1) is 0 Å². The summed E-state index contributed by atoms with van der Waals surface area (Å²) in [5.41, 5.74) is 3.49. The van der Waals surface area contributed by atoms with Gasteiger partial charge in [0, 0.05) is 40.8 Å². The standard InChI is InChI=1S/C37H32N6O6S4/c44-22-39-37-40-28(21-53-37)29(42-49-27-19-51-20-27)33(45)41-30-34(46)43-31(26(18-52-35(30)43)17-50-15-13-23-8-7-14-38-16-23)36(47)48-32(24-9-3-1-4-10-24)25-11-5-2-6-12-25/h1-16,21-22,27,30,32,35H,17-20H2,(H,41,45)(H,39,40,44)/b15-13-,42-29?/t30?,35-/m1/s1. The van der Waals surface area contributed by atoms with Crippen LogP contribution in [0.25, 0.3) is 6.08 Å². The quantitative estimate of drug-likeness (QED) is 0.0529. The highest BCUT2D eigenvalue weighted by atomic mass is 32.2. The van der Waals surface area contributed by atoms with E-state index in [1.807, 2.05) is 84.3 Å². The molecular formula is C37H32N6O6S4. The number of nitrogens with zero attached hydrogens (tertiary/aromatic N) is 4. The summed E-state index contributed by atoms with van der Waals surface area (Å²) in [6, 6.07) is 21.7. The highest BCUT2D eigenvalue weighted by Crippen LogP contribution is 2.42. The molecule has 7 rings (SSSR count). The first kappa shape index (κ1) is 36.5. The molecule has 2 aromatic carbocycles. The minimum absolute atomic E-state index is 0.120. The number of oxime groups is 1. The Morgan fingerprint density at radius 1 is 1.06 bits per heavy atom. The smallest absolute Gasteiger partial charge is 0.356 e. The summed E-state index contributed by atoms with van der Waals surface area (Å²) in [7, 11) is 0. The van der Waals surface area contributed by atoms with Crippen molar-refractivity contribution >= 4 is 87.7 Å². The summed E-state index contributed by atoms with van der Waals surface area (Å²) >= 11 is 5.76. The molecule has 12 nitrogen and oxygen atoms in total. The fourth-order valence-electron chi connectivity index (χ4n) is 5.60. The third-order valence-corrected chi connectivity index (χ3v) is 12.5. The molecule has 2 saturated heterocycles. The van der Waals surface area contributed by atoms with E-state index in [1.54, 1.807) is 29.5 Å². The molecule has 0 spiro atoms. The number of aromatic nitrogens is 2. The van der Waals surface area contributed by atoms with Gasteiger partial charge in [-0.05, 0) is 39.8 Å². The number of carbonyl (C=O) groups is 4. The van der Waals surface area contributed by atoms with Gasteiger partial charge in [-0.1, -0.05) is 71.9 Å². The van der Waals surface area contributed by atoms with E-state index in [0.717, 1.165) is 45.1 Å². The molecule has 5 heterocycles. The van der Waals surface area contributed by atoms with Crippen LogP contribution in [-0.2, 0) is 28.8 Å². The normalized spacial score (nSPS) is 18.6. The van der Waals surface area contributed by atoms with E-state index in [4.69, 9.17) is 9.57 Å². The second kappa shape index (κ2) is 17.3. The number of carbonyl (C=O) groups excluding carboxylic acids is 4. The number of hydrogen-bond acceptors (Lipinski definition) is 13. The van der Waals surface area contributed by atoms with E-state index < -0.39 is 35.3 Å². The molecule has 53 heavy (non-hydrogen) atoms. The number of benzene rings is 2. The molecule has 270 valence electrons. The van der Waals surface area contributed by atoms with Crippen molar-refractivity contribution < 1.29 is 28.8 Å². The van der Waals surface area contributed by atoms with E-state index in [0.29, 0.717) is 17.9 Å². The van der Waals surface area contributed by atoms with Crippen LogP contribution >= 0.6 is 46.6 Å². The van der Waals surface area contributed by atoms with Gasteiger partial charge in [-0.3, -0.25) is 24.3 Å². The van der Waals surface area contributed by atoms with Gasteiger partial charge in [0.2, 0.25) is 6.41 Å². The third kappa shape index (κ3) is 8.51. The number of fused-ring (bicyclic) bond motifs is 1. The van der Waals surface area contributed by atoms with Gasteiger partial charge in [0.1, 0.15) is 28.9 Å². The molecule has 2 atom stereocenters. The van der Waals surface area contributed by atoms with Crippen molar-refractivity contribution in [2.45, 2.75) is 23.6 Å². The molecule has 0 radical (unpaired) electrons. The second-order valence-electron chi connectivity index (χ2n) is 11.8. The molecule has 1 unspecified atom stereocenters. The largest absolute Gasteiger partial charge is 0.448 e. The van der Waals surface area contributed by atoms with E-state index in [1.165, 1.54) is 28.4 Å². The van der Waals surface area contributed by atoms with Crippen LogP contribution in [0.4, 0.5) is 5.13 Å². The average molecular weight is 785 g/mol. The zero-order chi connectivity index (χ0) is 36.6. The Bertz CT molecular complexity index is 2000. The number of rotatable bonds is 15. The van der Waals surface area contributed by atoms with E-state index in [-0.39, 0.29) is 28.3 Å². The molecule has 3 aliphatic heterocycles. The maximum atomic E-state index is 14.3. The Morgan fingerprint density at radius 3 is 2.47 bits per heavy atom. The lowest BCUT2D eigenvalue weighted by Crippen LogP contribution is -2.71. The van der Waals surface area contributed by atoms with Gasteiger partial charge in [-0.2, -0.15) is 11.8 Å². The lowest BCUT2D eigenvalue weighted by Gasteiger charge is -2.49. The Balaban J connectivity index is 1.14. The Morgan fingerprint density at radius 2 is 1.81 bits per heavy atom. The molecule has 0 saturated carbocycles. The number of ether oxygens (including phenoxy) is 1. The summed E-state index contributed by atoms with van der Waals surface area (Å²) < 4.78 is 6.28. The van der Waals surface area contributed by atoms with Gasteiger partial charge >= 0.3 is 5.97 Å². The van der Waals surface area contributed by atoms with Crippen molar-refractivity contribution in [1.29, 1.82) is 0 Å². The number of pyridine rings is 1. The number of β-lactam (4-membered cyclic amide) rings is 1. The van der Waals surface area contributed by atoms with E-state index in [2.05, 4.69) is 25.8 Å². The highest BCUT2D eigenvalue weighted by Gasteiger charge is 2.55. The van der Waals surface area contributed by atoms with Crippen LogP contribution in [0.2, 0.25) is 0 Å². The molecule has 2 aromatic heterocycles. The van der Waals surface area contributed by atoms with Crippen LogP contribution in [0.3, 0.4) is 0 Å². The first-order chi connectivity index (χ1) is 26.0. The molecule has 0 aliphatic carbocycles. The average Bonchev–Trinajstić information content (AvgIpc) is 3.64. The summed E-state index contributed by atoms with van der Waals surface area (Å²) in [5.74, 6) is 0.579. The van der Waals surface area contributed by atoms with Gasteiger partial charge in [-0.25, -0.2) is 9.78 Å². The van der Waals surface area contributed by atoms with Gasteiger partial charge < -0.3 is 20.2 Å². The lowest BCUT2D eigenvalue weighted by atomic mass is 10.0. The summed E-state index contributed by atoms with van der Waals surface area (Å²) in [4.78, 5) is 68.5. The Hall–Kier alpha value is -4.90.